The fourth-order valence-corrected chi connectivity index (χ4v) is 3.54. The molecule has 0 fully saturated rings. The molecule has 0 unspecified atom stereocenters. The van der Waals surface area contributed by atoms with E-state index in [1.165, 1.54) is 29.8 Å². The molecule has 164 valence electrons. The first-order valence-corrected chi connectivity index (χ1v) is 10.6. The van der Waals surface area contributed by atoms with Crippen LogP contribution >= 0.6 is 0 Å². The van der Waals surface area contributed by atoms with Crippen LogP contribution in [0.4, 0.5) is 10.1 Å². The summed E-state index contributed by atoms with van der Waals surface area (Å²) in [4.78, 5) is 14.6. The Bertz CT molecular complexity index is 1200. The van der Waals surface area contributed by atoms with E-state index in [9.17, 15) is 9.18 Å². The molecule has 3 aromatic carbocycles. The van der Waals surface area contributed by atoms with Crippen LogP contribution in [-0.4, -0.2) is 36.0 Å². The Labute approximate surface area is 187 Å². The van der Waals surface area contributed by atoms with Crippen molar-refractivity contribution in [3.8, 4) is 11.5 Å². The summed E-state index contributed by atoms with van der Waals surface area (Å²) in [6, 6.07) is 20.7. The molecule has 1 N–H and O–H groups in total. The summed E-state index contributed by atoms with van der Waals surface area (Å²) in [5.74, 6) is 0.781. The van der Waals surface area contributed by atoms with Crippen LogP contribution in [-0.2, 0) is 6.54 Å². The largest absolute Gasteiger partial charge is 0.457 e. The van der Waals surface area contributed by atoms with Crippen LogP contribution < -0.4 is 10.1 Å². The van der Waals surface area contributed by atoms with Crippen LogP contribution in [0.15, 0.2) is 79.0 Å². The van der Waals surface area contributed by atoms with Crippen molar-refractivity contribution >= 4 is 22.5 Å². The van der Waals surface area contributed by atoms with Crippen LogP contribution in [0.5, 0.6) is 11.5 Å². The average Bonchev–Trinajstić information content (AvgIpc) is 3.18. The summed E-state index contributed by atoms with van der Waals surface area (Å²) in [5.41, 5.74) is 2.22. The van der Waals surface area contributed by atoms with Crippen LogP contribution in [0, 0.1) is 5.82 Å². The van der Waals surface area contributed by atoms with Gasteiger partial charge in [-0.2, -0.15) is 0 Å². The van der Waals surface area contributed by atoms with Crippen molar-refractivity contribution in [3.63, 3.8) is 0 Å². The molecular weight excluding hydrogens is 405 g/mol. The van der Waals surface area contributed by atoms with E-state index in [1.54, 1.807) is 24.3 Å². The highest BCUT2D eigenvalue weighted by atomic mass is 19.1. The van der Waals surface area contributed by atoms with Crippen molar-refractivity contribution < 1.29 is 13.9 Å². The number of nitrogens with one attached hydrogen (secondary N) is 1. The van der Waals surface area contributed by atoms with Crippen molar-refractivity contribution in [3.05, 3.63) is 90.4 Å². The van der Waals surface area contributed by atoms with Crippen LogP contribution in [0.25, 0.3) is 10.9 Å². The second kappa shape index (κ2) is 9.66. The molecule has 0 radical (unpaired) electrons. The fourth-order valence-electron chi connectivity index (χ4n) is 3.54. The lowest BCUT2D eigenvalue weighted by molar-refractivity contribution is 0.102. The smallest absolute Gasteiger partial charge is 0.255 e. The second-order valence-electron chi connectivity index (χ2n) is 7.97. The van der Waals surface area contributed by atoms with Gasteiger partial charge in [-0.25, -0.2) is 4.39 Å². The Morgan fingerprint density at radius 2 is 1.69 bits per heavy atom. The Kier molecular flexibility index (Phi) is 6.52. The predicted molar refractivity (Wildman–Crippen MR) is 126 cm³/mol. The van der Waals surface area contributed by atoms with Crippen LogP contribution in [0.2, 0.25) is 0 Å². The van der Waals surface area contributed by atoms with Crippen molar-refractivity contribution in [1.29, 1.82) is 0 Å². The minimum atomic E-state index is -0.344. The lowest BCUT2D eigenvalue weighted by atomic mass is 10.2. The van der Waals surface area contributed by atoms with E-state index < -0.39 is 0 Å². The lowest BCUT2D eigenvalue weighted by Gasteiger charge is -2.11. The summed E-state index contributed by atoms with van der Waals surface area (Å²) in [7, 11) is 4.17. The maximum absolute atomic E-state index is 13.0. The van der Waals surface area contributed by atoms with E-state index in [1.807, 2.05) is 12.1 Å². The standard InChI is InChI=1S/C26H26FN3O2/c1-29(2)15-3-16-30-17-14-20-18-24(12-13-25(20)30)32-23-10-4-19(5-11-23)26(31)28-22-8-6-21(27)7-9-22/h4-14,17-18H,3,15-16H2,1-2H3,(H,28,31). The molecule has 0 aliphatic carbocycles. The topological polar surface area (TPSA) is 46.5 Å². The van der Waals surface area contributed by atoms with Gasteiger partial charge in [-0.15, -0.1) is 0 Å². The summed E-state index contributed by atoms with van der Waals surface area (Å²) >= 11 is 0. The molecule has 0 bridgehead atoms. The Morgan fingerprint density at radius 3 is 2.41 bits per heavy atom. The third-order valence-corrected chi connectivity index (χ3v) is 5.20. The number of hydrogen-bond acceptors (Lipinski definition) is 3. The first-order chi connectivity index (χ1) is 15.5. The minimum Gasteiger partial charge on any atom is -0.457 e. The van der Waals surface area contributed by atoms with Gasteiger partial charge in [0.05, 0.1) is 0 Å². The third kappa shape index (κ3) is 5.34. The number of carbonyl (C=O) groups is 1. The second-order valence-corrected chi connectivity index (χ2v) is 7.97. The van der Waals surface area contributed by atoms with Gasteiger partial charge in [-0.3, -0.25) is 4.79 Å². The Morgan fingerprint density at radius 1 is 0.969 bits per heavy atom. The number of anilines is 1. The Hall–Kier alpha value is -3.64. The maximum Gasteiger partial charge on any atom is 0.255 e. The quantitative estimate of drug-likeness (QED) is 0.385. The molecule has 0 saturated carbocycles. The number of aryl methyl sites for hydroxylation is 1. The molecule has 1 aromatic heterocycles. The van der Waals surface area contributed by atoms with Gasteiger partial charge in [0.25, 0.3) is 5.91 Å². The molecule has 4 aromatic rings. The van der Waals surface area contributed by atoms with E-state index >= 15 is 0 Å². The first-order valence-electron chi connectivity index (χ1n) is 10.6. The van der Waals surface area contributed by atoms with E-state index in [2.05, 4.69) is 47.2 Å². The molecule has 5 nitrogen and oxygen atoms in total. The molecule has 6 heteroatoms. The van der Waals surface area contributed by atoms with Gasteiger partial charge in [0.2, 0.25) is 0 Å². The summed E-state index contributed by atoms with van der Waals surface area (Å²) in [5, 5.41) is 3.87. The van der Waals surface area contributed by atoms with Crippen molar-refractivity contribution in [2.45, 2.75) is 13.0 Å². The summed E-state index contributed by atoms with van der Waals surface area (Å²) in [6.45, 7) is 2.03. The maximum atomic E-state index is 13.0. The van der Waals surface area contributed by atoms with Gasteiger partial charge in [-0.05, 0) is 99.9 Å². The highest BCUT2D eigenvalue weighted by molar-refractivity contribution is 6.04. The zero-order valence-electron chi connectivity index (χ0n) is 18.2. The number of amides is 1. The summed E-state index contributed by atoms with van der Waals surface area (Å²) in [6.07, 6.45) is 3.20. The molecule has 1 amide bonds. The lowest BCUT2D eigenvalue weighted by Crippen LogP contribution is -2.14. The van der Waals surface area contributed by atoms with Gasteiger partial charge >= 0.3 is 0 Å². The molecule has 0 saturated heterocycles. The highest BCUT2D eigenvalue weighted by Crippen LogP contribution is 2.27. The van der Waals surface area contributed by atoms with Crippen molar-refractivity contribution in [1.82, 2.24) is 9.47 Å². The average molecular weight is 432 g/mol. The molecular formula is C26H26FN3O2. The van der Waals surface area contributed by atoms with Crippen molar-refractivity contribution in [2.75, 3.05) is 26.0 Å². The van der Waals surface area contributed by atoms with Crippen LogP contribution in [0.3, 0.4) is 0 Å². The van der Waals surface area contributed by atoms with Gasteiger partial charge in [0, 0.05) is 34.9 Å². The predicted octanol–water partition coefficient (Wildman–Crippen LogP) is 5.78. The first kappa shape index (κ1) is 21.6. The molecule has 1 heterocycles. The Balaban J connectivity index is 1.39. The van der Waals surface area contributed by atoms with Gasteiger partial charge < -0.3 is 19.5 Å². The molecule has 0 aliphatic heterocycles. The number of halogens is 1. The molecule has 0 aliphatic rings. The van der Waals surface area contributed by atoms with E-state index in [-0.39, 0.29) is 11.7 Å². The molecule has 0 spiro atoms. The number of ether oxygens (including phenoxy) is 1. The fraction of sp³-hybridized carbons (Fsp3) is 0.192. The van der Waals surface area contributed by atoms with E-state index in [0.29, 0.717) is 17.0 Å². The number of fused-ring (bicyclic) bond motifs is 1. The monoisotopic (exact) mass is 431 g/mol. The summed E-state index contributed by atoms with van der Waals surface area (Å²) < 4.78 is 21.3. The number of nitrogens with zero attached hydrogens (tertiary/aromatic N) is 2. The zero-order valence-corrected chi connectivity index (χ0v) is 18.2. The van der Waals surface area contributed by atoms with Crippen molar-refractivity contribution in [2.24, 2.45) is 0 Å². The van der Waals surface area contributed by atoms with Crippen LogP contribution in [0.1, 0.15) is 16.8 Å². The number of hydrogen-bond donors (Lipinski definition) is 1. The van der Waals surface area contributed by atoms with Gasteiger partial charge in [-0.1, -0.05) is 0 Å². The molecule has 0 atom stereocenters. The van der Waals surface area contributed by atoms with Gasteiger partial charge in [0.1, 0.15) is 17.3 Å². The number of aromatic nitrogens is 1. The van der Waals surface area contributed by atoms with E-state index in [0.717, 1.165) is 30.6 Å². The van der Waals surface area contributed by atoms with Gasteiger partial charge in [0.15, 0.2) is 0 Å². The van der Waals surface area contributed by atoms with E-state index in [4.69, 9.17) is 4.74 Å². The number of rotatable bonds is 8. The normalized spacial score (nSPS) is 11.1. The highest BCUT2D eigenvalue weighted by Gasteiger charge is 2.08. The number of benzene rings is 3. The zero-order chi connectivity index (χ0) is 22.5. The third-order valence-electron chi connectivity index (χ3n) is 5.20. The molecule has 4 rings (SSSR count). The number of carbonyl (C=O) groups excluding carboxylic acids is 1. The minimum absolute atomic E-state index is 0.264. The SMILES string of the molecule is CN(C)CCCn1ccc2cc(Oc3ccc(C(=O)Nc4ccc(F)cc4)cc3)ccc21. The molecule has 32 heavy (non-hydrogen) atoms.